The van der Waals surface area contributed by atoms with E-state index in [9.17, 15) is 0 Å². The summed E-state index contributed by atoms with van der Waals surface area (Å²) in [5.74, 6) is 1.09. The fourth-order valence-corrected chi connectivity index (χ4v) is 2.55. The molecule has 0 aliphatic carbocycles. The van der Waals surface area contributed by atoms with Crippen LogP contribution in [0.5, 0.6) is 0 Å². The summed E-state index contributed by atoms with van der Waals surface area (Å²) in [5, 5.41) is 0. The molecule has 2 heterocycles. The number of para-hydroxylation sites is 2. The number of rotatable bonds is 1. The maximum Gasteiger partial charge on any atom is 0.107 e. The van der Waals surface area contributed by atoms with Crippen LogP contribution in [0.1, 0.15) is 24.7 Å². The Morgan fingerprint density at radius 2 is 2.25 bits per heavy atom. The average Bonchev–Trinajstić information content (AvgIpc) is 2.66. The first kappa shape index (κ1) is 9.85. The molecule has 16 heavy (non-hydrogen) atoms. The minimum absolute atomic E-state index is 0.459. The van der Waals surface area contributed by atoms with Crippen LogP contribution in [0.2, 0.25) is 0 Å². The van der Waals surface area contributed by atoms with Gasteiger partial charge in [-0.3, -0.25) is 0 Å². The van der Waals surface area contributed by atoms with E-state index in [2.05, 4.69) is 34.7 Å². The van der Waals surface area contributed by atoms with E-state index in [0.717, 1.165) is 31.0 Å². The van der Waals surface area contributed by atoms with E-state index < -0.39 is 0 Å². The highest BCUT2D eigenvalue weighted by molar-refractivity contribution is 5.76. The van der Waals surface area contributed by atoms with Gasteiger partial charge in [-0.15, -0.1) is 0 Å². The second-order valence-corrected chi connectivity index (χ2v) is 4.39. The number of aryl methyl sites for hydroxylation is 1. The fraction of sp³-hybridized carbons (Fsp3) is 0.462. The Hall–Kier alpha value is -1.35. The van der Waals surface area contributed by atoms with Crippen LogP contribution in [-0.2, 0) is 4.74 Å². The van der Waals surface area contributed by atoms with Crippen molar-refractivity contribution in [3.63, 3.8) is 0 Å². The molecule has 0 saturated carbocycles. The molecule has 1 aromatic heterocycles. The zero-order valence-corrected chi connectivity index (χ0v) is 9.52. The normalized spacial score (nSPS) is 21.4. The number of imidazole rings is 1. The van der Waals surface area contributed by atoms with Gasteiger partial charge in [0.05, 0.1) is 23.7 Å². The predicted molar refractivity (Wildman–Crippen MR) is 63.6 cm³/mol. The molecule has 0 radical (unpaired) electrons. The maximum atomic E-state index is 5.56. The monoisotopic (exact) mass is 216 g/mol. The molecule has 0 amide bonds. The quantitative estimate of drug-likeness (QED) is 0.732. The minimum atomic E-state index is 0.459. The van der Waals surface area contributed by atoms with Crippen LogP contribution in [0, 0.1) is 6.92 Å². The van der Waals surface area contributed by atoms with Crippen molar-refractivity contribution in [2.75, 3.05) is 13.2 Å². The van der Waals surface area contributed by atoms with E-state index in [0.29, 0.717) is 6.04 Å². The van der Waals surface area contributed by atoms with Gasteiger partial charge in [-0.25, -0.2) is 4.98 Å². The number of ether oxygens (including phenoxy) is 1. The molecule has 1 saturated heterocycles. The first-order chi connectivity index (χ1) is 7.86. The molecular weight excluding hydrogens is 200 g/mol. The van der Waals surface area contributed by atoms with E-state index in [1.165, 1.54) is 11.9 Å². The van der Waals surface area contributed by atoms with Gasteiger partial charge in [0, 0.05) is 6.61 Å². The summed E-state index contributed by atoms with van der Waals surface area (Å²) in [6.45, 7) is 3.80. The molecule has 3 nitrogen and oxygen atoms in total. The second-order valence-electron chi connectivity index (χ2n) is 4.39. The van der Waals surface area contributed by atoms with Gasteiger partial charge in [0.1, 0.15) is 5.82 Å². The number of hydrogen-bond donors (Lipinski definition) is 0. The molecule has 1 aliphatic heterocycles. The molecule has 0 spiro atoms. The summed E-state index contributed by atoms with van der Waals surface area (Å²) in [6, 6.07) is 8.79. The Bertz CT molecular complexity index is 498. The summed E-state index contributed by atoms with van der Waals surface area (Å²) in [6.07, 6.45) is 2.35. The van der Waals surface area contributed by atoms with Crippen LogP contribution in [0.3, 0.4) is 0 Å². The van der Waals surface area contributed by atoms with Crippen LogP contribution in [0.25, 0.3) is 11.0 Å². The molecule has 3 rings (SSSR count). The third-order valence-electron chi connectivity index (χ3n) is 3.27. The van der Waals surface area contributed by atoms with Crippen molar-refractivity contribution in [2.24, 2.45) is 0 Å². The smallest absolute Gasteiger partial charge is 0.107 e. The Kier molecular flexibility index (Phi) is 2.40. The van der Waals surface area contributed by atoms with E-state index in [-0.39, 0.29) is 0 Å². The van der Waals surface area contributed by atoms with Crippen LogP contribution < -0.4 is 0 Å². The molecule has 1 aliphatic rings. The van der Waals surface area contributed by atoms with E-state index in [4.69, 9.17) is 4.74 Å². The van der Waals surface area contributed by atoms with Gasteiger partial charge in [-0.2, -0.15) is 0 Å². The lowest BCUT2D eigenvalue weighted by molar-refractivity contribution is 0.0598. The van der Waals surface area contributed by atoms with Crippen molar-refractivity contribution in [2.45, 2.75) is 25.8 Å². The third-order valence-corrected chi connectivity index (χ3v) is 3.27. The Balaban J connectivity index is 2.10. The van der Waals surface area contributed by atoms with Crippen molar-refractivity contribution in [3.8, 4) is 0 Å². The Morgan fingerprint density at radius 1 is 1.38 bits per heavy atom. The molecule has 1 atom stereocenters. The van der Waals surface area contributed by atoms with Gasteiger partial charge in [0.15, 0.2) is 0 Å². The summed E-state index contributed by atoms with van der Waals surface area (Å²) < 4.78 is 7.89. The highest BCUT2D eigenvalue weighted by Gasteiger charge is 2.19. The van der Waals surface area contributed by atoms with E-state index >= 15 is 0 Å². The van der Waals surface area contributed by atoms with Gasteiger partial charge in [-0.1, -0.05) is 12.1 Å². The number of nitrogens with zero attached hydrogens (tertiary/aromatic N) is 2. The molecule has 1 unspecified atom stereocenters. The highest BCUT2D eigenvalue weighted by atomic mass is 16.5. The number of hydrogen-bond acceptors (Lipinski definition) is 2. The molecule has 84 valence electrons. The standard InChI is InChI=1S/C13H16N2O/c1-10-14-12-6-2-3-7-13(12)15(10)11-5-4-8-16-9-11/h2-3,6-7,11H,4-5,8-9H2,1H3. The van der Waals surface area contributed by atoms with Crippen molar-refractivity contribution in [1.82, 2.24) is 9.55 Å². The molecule has 2 aromatic rings. The van der Waals surface area contributed by atoms with Crippen LogP contribution in [0.4, 0.5) is 0 Å². The maximum absolute atomic E-state index is 5.56. The highest BCUT2D eigenvalue weighted by Crippen LogP contribution is 2.26. The Labute approximate surface area is 95.0 Å². The van der Waals surface area contributed by atoms with Gasteiger partial charge in [-0.05, 0) is 31.9 Å². The largest absolute Gasteiger partial charge is 0.379 e. The molecule has 3 heteroatoms. The Morgan fingerprint density at radius 3 is 3.06 bits per heavy atom. The third kappa shape index (κ3) is 1.52. The van der Waals surface area contributed by atoms with Crippen molar-refractivity contribution >= 4 is 11.0 Å². The van der Waals surface area contributed by atoms with E-state index in [1.807, 2.05) is 6.07 Å². The molecule has 1 aromatic carbocycles. The van der Waals surface area contributed by atoms with Crippen molar-refractivity contribution in [3.05, 3.63) is 30.1 Å². The fourth-order valence-electron chi connectivity index (χ4n) is 2.55. The molecule has 0 N–H and O–H groups in total. The predicted octanol–water partition coefficient (Wildman–Crippen LogP) is 2.70. The van der Waals surface area contributed by atoms with E-state index in [1.54, 1.807) is 0 Å². The van der Waals surface area contributed by atoms with Gasteiger partial charge in [0.2, 0.25) is 0 Å². The first-order valence-corrected chi connectivity index (χ1v) is 5.87. The topological polar surface area (TPSA) is 27.1 Å². The van der Waals surface area contributed by atoms with Gasteiger partial charge in [0.25, 0.3) is 0 Å². The van der Waals surface area contributed by atoms with Gasteiger partial charge >= 0.3 is 0 Å². The first-order valence-electron chi connectivity index (χ1n) is 5.87. The van der Waals surface area contributed by atoms with Crippen LogP contribution >= 0.6 is 0 Å². The summed E-state index contributed by atoms with van der Waals surface area (Å²) in [5.41, 5.74) is 2.32. The molecule has 0 bridgehead atoms. The zero-order valence-electron chi connectivity index (χ0n) is 9.52. The molecule has 1 fully saturated rings. The summed E-state index contributed by atoms with van der Waals surface area (Å²) >= 11 is 0. The summed E-state index contributed by atoms with van der Waals surface area (Å²) in [4.78, 5) is 4.60. The minimum Gasteiger partial charge on any atom is -0.379 e. The molecular formula is C13H16N2O. The van der Waals surface area contributed by atoms with Gasteiger partial charge < -0.3 is 9.30 Å². The van der Waals surface area contributed by atoms with Crippen LogP contribution in [-0.4, -0.2) is 22.8 Å². The average molecular weight is 216 g/mol. The number of benzene rings is 1. The lowest BCUT2D eigenvalue weighted by atomic mass is 10.1. The lowest BCUT2D eigenvalue weighted by Gasteiger charge is -2.25. The van der Waals surface area contributed by atoms with Crippen molar-refractivity contribution < 1.29 is 4.74 Å². The second kappa shape index (κ2) is 3.91. The lowest BCUT2D eigenvalue weighted by Crippen LogP contribution is -2.21. The number of aromatic nitrogens is 2. The SMILES string of the molecule is Cc1nc2ccccc2n1C1CCCOC1. The number of fused-ring (bicyclic) bond motifs is 1. The van der Waals surface area contributed by atoms with Crippen LogP contribution in [0.15, 0.2) is 24.3 Å². The zero-order chi connectivity index (χ0) is 11.0. The van der Waals surface area contributed by atoms with Crippen molar-refractivity contribution in [1.29, 1.82) is 0 Å². The summed E-state index contributed by atoms with van der Waals surface area (Å²) in [7, 11) is 0.